The Bertz CT molecular complexity index is 738. The monoisotopic (exact) mass is 342 g/mol. The molecule has 2 aromatic rings. The summed E-state index contributed by atoms with van der Waals surface area (Å²) in [5.74, 6) is 0.255. The van der Waals surface area contributed by atoms with E-state index in [2.05, 4.69) is 36.1 Å². The molecule has 1 aromatic heterocycles. The van der Waals surface area contributed by atoms with Crippen molar-refractivity contribution in [3.05, 3.63) is 53.5 Å². The van der Waals surface area contributed by atoms with Gasteiger partial charge >= 0.3 is 0 Å². The number of aliphatic hydroxyl groups excluding tert-OH is 1. The minimum atomic E-state index is -0.423. The SMILES string of the molecule is CC(O)CCN(C)C(=O)c1occc1CN1c2ccccc2CC1C. The maximum absolute atomic E-state index is 12.7. The van der Waals surface area contributed by atoms with E-state index in [1.165, 1.54) is 11.3 Å². The van der Waals surface area contributed by atoms with Gasteiger partial charge in [-0.2, -0.15) is 0 Å². The molecule has 0 fully saturated rings. The minimum absolute atomic E-state index is 0.138. The maximum Gasteiger partial charge on any atom is 0.289 e. The fourth-order valence-electron chi connectivity index (χ4n) is 3.36. The first-order chi connectivity index (χ1) is 12.0. The van der Waals surface area contributed by atoms with Crippen LogP contribution >= 0.6 is 0 Å². The first-order valence-electron chi connectivity index (χ1n) is 8.81. The molecule has 0 spiro atoms. The maximum atomic E-state index is 12.7. The van der Waals surface area contributed by atoms with Crippen molar-refractivity contribution in [1.82, 2.24) is 4.90 Å². The Hall–Kier alpha value is -2.27. The van der Waals surface area contributed by atoms with Crippen LogP contribution in [0.25, 0.3) is 0 Å². The summed E-state index contributed by atoms with van der Waals surface area (Å²) >= 11 is 0. The van der Waals surface area contributed by atoms with Gasteiger partial charge in [0.05, 0.1) is 12.4 Å². The molecule has 5 heteroatoms. The molecule has 5 nitrogen and oxygen atoms in total. The van der Waals surface area contributed by atoms with Gasteiger partial charge in [-0.1, -0.05) is 18.2 Å². The number of anilines is 1. The number of carbonyl (C=O) groups excluding carboxylic acids is 1. The highest BCUT2D eigenvalue weighted by Crippen LogP contribution is 2.33. The summed E-state index contributed by atoms with van der Waals surface area (Å²) in [6.45, 7) is 5.08. The molecule has 0 radical (unpaired) electrons. The van der Waals surface area contributed by atoms with E-state index in [4.69, 9.17) is 4.42 Å². The highest BCUT2D eigenvalue weighted by molar-refractivity contribution is 5.92. The number of rotatable bonds is 6. The molecule has 134 valence electrons. The normalized spacial score (nSPS) is 17.4. The van der Waals surface area contributed by atoms with E-state index in [1.54, 1.807) is 25.1 Å². The molecular weight excluding hydrogens is 316 g/mol. The predicted octanol–water partition coefficient (Wildman–Crippen LogP) is 3.07. The Kier molecular flexibility index (Phi) is 5.13. The highest BCUT2D eigenvalue weighted by atomic mass is 16.3. The highest BCUT2D eigenvalue weighted by Gasteiger charge is 2.28. The molecule has 1 aromatic carbocycles. The fraction of sp³-hybridized carbons (Fsp3) is 0.450. The van der Waals surface area contributed by atoms with Crippen molar-refractivity contribution in [2.24, 2.45) is 0 Å². The Morgan fingerprint density at radius 1 is 1.40 bits per heavy atom. The average molecular weight is 342 g/mol. The minimum Gasteiger partial charge on any atom is -0.459 e. The number of carbonyl (C=O) groups is 1. The summed E-state index contributed by atoms with van der Waals surface area (Å²) in [5, 5.41) is 9.41. The van der Waals surface area contributed by atoms with Crippen molar-refractivity contribution in [2.75, 3.05) is 18.5 Å². The summed E-state index contributed by atoms with van der Waals surface area (Å²) in [6.07, 6.45) is 2.73. The van der Waals surface area contributed by atoms with Crippen molar-refractivity contribution in [3.8, 4) is 0 Å². The number of nitrogens with zero attached hydrogens (tertiary/aromatic N) is 2. The predicted molar refractivity (Wildman–Crippen MR) is 97.8 cm³/mol. The summed E-state index contributed by atoms with van der Waals surface area (Å²) in [7, 11) is 1.74. The number of para-hydroxylation sites is 1. The zero-order chi connectivity index (χ0) is 18.0. The van der Waals surface area contributed by atoms with Crippen LogP contribution in [-0.4, -0.2) is 41.7 Å². The van der Waals surface area contributed by atoms with E-state index in [9.17, 15) is 9.90 Å². The van der Waals surface area contributed by atoms with Crippen molar-refractivity contribution < 1.29 is 14.3 Å². The summed E-state index contributed by atoms with van der Waals surface area (Å²) in [5.41, 5.74) is 3.48. The van der Waals surface area contributed by atoms with E-state index in [0.717, 1.165) is 12.0 Å². The lowest BCUT2D eigenvalue weighted by Gasteiger charge is -2.25. The van der Waals surface area contributed by atoms with Crippen molar-refractivity contribution in [3.63, 3.8) is 0 Å². The molecule has 1 aliphatic heterocycles. The number of aliphatic hydroxyl groups is 1. The number of benzene rings is 1. The standard InChI is InChI=1S/C20H26N2O3/c1-14-12-16-6-4-5-7-18(16)22(14)13-17-9-11-25-19(17)20(24)21(3)10-8-15(2)23/h4-7,9,11,14-15,23H,8,10,12-13H2,1-3H3. The Morgan fingerprint density at radius 3 is 2.92 bits per heavy atom. The molecule has 0 saturated heterocycles. The van der Waals surface area contributed by atoms with Crippen molar-refractivity contribution >= 4 is 11.6 Å². The topological polar surface area (TPSA) is 56.9 Å². The molecular formula is C20H26N2O3. The summed E-state index contributed by atoms with van der Waals surface area (Å²) in [4.78, 5) is 16.6. The fourth-order valence-corrected chi connectivity index (χ4v) is 3.36. The van der Waals surface area contributed by atoms with E-state index in [1.807, 2.05) is 6.07 Å². The summed E-state index contributed by atoms with van der Waals surface area (Å²) < 4.78 is 5.51. The lowest BCUT2D eigenvalue weighted by molar-refractivity contribution is 0.0736. The van der Waals surface area contributed by atoms with Crippen LogP contribution in [0.1, 0.15) is 41.9 Å². The van der Waals surface area contributed by atoms with Crippen LogP contribution in [-0.2, 0) is 13.0 Å². The van der Waals surface area contributed by atoms with Gasteiger partial charge in [0, 0.05) is 37.4 Å². The van der Waals surface area contributed by atoms with E-state index < -0.39 is 6.10 Å². The van der Waals surface area contributed by atoms with Gasteiger partial charge in [0.1, 0.15) is 0 Å². The Labute approximate surface area is 148 Å². The third-order valence-corrected chi connectivity index (χ3v) is 4.86. The third-order valence-electron chi connectivity index (χ3n) is 4.86. The van der Waals surface area contributed by atoms with Crippen LogP contribution in [0.15, 0.2) is 41.0 Å². The molecule has 2 atom stereocenters. The molecule has 2 unspecified atom stereocenters. The van der Waals surface area contributed by atoms with Crippen LogP contribution in [0, 0.1) is 0 Å². The molecule has 2 heterocycles. The number of hydrogen-bond donors (Lipinski definition) is 1. The molecule has 3 rings (SSSR count). The second-order valence-electron chi connectivity index (χ2n) is 6.95. The quantitative estimate of drug-likeness (QED) is 0.876. The van der Waals surface area contributed by atoms with Gasteiger partial charge < -0.3 is 19.3 Å². The van der Waals surface area contributed by atoms with Gasteiger partial charge in [0.2, 0.25) is 0 Å². The zero-order valence-electron chi connectivity index (χ0n) is 15.1. The van der Waals surface area contributed by atoms with Gasteiger partial charge in [-0.05, 0) is 44.4 Å². The van der Waals surface area contributed by atoms with Gasteiger partial charge in [-0.3, -0.25) is 4.79 Å². The molecule has 1 N–H and O–H groups in total. The molecule has 1 amide bonds. The lowest BCUT2D eigenvalue weighted by atomic mass is 10.1. The summed E-state index contributed by atoms with van der Waals surface area (Å²) in [6, 6.07) is 10.7. The number of hydrogen-bond acceptors (Lipinski definition) is 4. The van der Waals surface area contributed by atoms with Crippen LogP contribution in [0.3, 0.4) is 0 Å². The molecule has 0 aliphatic carbocycles. The van der Waals surface area contributed by atoms with Gasteiger partial charge in [-0.25, -0.2) is 0 Å². The Balaban J connectivity index is 1.75. The van der Waals surface area contributed by atoms with E-state index in [-0.39, 0.29) is 5.91 Å². The smallest absolute Gasteiger partial charge is 0.289 e. The first-order valence-corrected chi connectivity index (χ1v) is 8.81. The first kappa shape index (κ1) is 17.5. The van der Waals surface area contributed by atoms with Crippen molar-refractivity contribution in [2.45, 2.75) is 45.4 Å². The molecule has 1 aliphatic rings. The van der Waals surface area contributed by atoms with E-state index >= 15 is 0 Å². The second kappa shape index (κ2) is 7.31. The Morgan fingerprint density at radius 2 is 2.16 bits per heavy atom. The molecule has 0 saturated carbocycles. The lowest BCUT2D eigenvalue weighted by Crippen LogP contribution is -2.32. The zero-order valence-corrected chi connectivity index (χ0v) is 15.1. The van der Waals surface area contributed by atoms with Gasteiger partial charge in [-0.15, -0.1) is 0 Å². The molecule has 25 heavy (non-hydrogen) atoms. The average Bonchev–Trinajstić information content (AvgIpc) is 3.17. The largest absolute Gasteiger partial charge is 0.459 e. The number of amides is 1. The van der Waals surface area contributed by atoms with Crippen molar-refractivity contribution in [1.29, 1.82) is 0 Å². The van der Waals surface area contributed by atoms with Gasteiger partial charge in [0.25, 0.3) is 5.91 Å². The number of fused-ring (bicyclic) bond motifs is 1. The second-order valence-corrected chi connectivity index (χ2v) is 6.95. The molecule has 0 bridgehead atoms. The van der Waals surface area contributed by atoms with Crippen LogP contribution in [0.5, 0.6) is 0 Å². The van der Waals surface area contributed by atoms with Crippen LogP contribution in [0.2, 0.25) is 0 Å². The number of furan rings is 1. The van der Waals surface area contributed by atoms with Gasteiger partial charge in [0.15, 0.2) is 5.76 Å². The van der Waals surface area contributed by atoms with Crippen LogP contribution in [0.4, 0.5) is 5.69 Å². The van der Waals surface area contributed by atoms with Crippen LogP contribution < -0.4 is 4.90 Å². The third kappa shape index (κ3) is 3.71. The van der Waals surface area contributed by atoms with E-state index in [0.29, 0.717) is 31.3 Å².